The molecule has 2 rings (SSSR count). The van der Waals surface area contributed by atoms with Crippen LogP contribution in [0.1, 0.15) is 13.3 Å². The van der Waals surface area contributed by atoms with E-state index in [0.717, 1.165) is 31.3 Å². The Hall–Kier alpha value is -0.660. The Balaban J connectivity index is 1.98. The van der Waals surface area contributed by atoms with E-state index in [0.29, 0.717) is 11.3 Å². The van der Waals surface area contributed by atoms with Crippen LogP contribution < -0.4 is 5.32 Å². The molecule has 1 aliphatic rings. The Kier molecular flexibility index (Phi) is 4.14. The van der Waals surface area contributed by atoms with Crippen molar-refractivity contribution in [2.45, 2.75) is 29.8 Å². The second kappa shape index (κ2) is 5.60. The number of tetrazole rings is 1. The molecule has 2 atom stereocenters. The molecule has 0 aromatic carbocycles. The van der Waals surface area contributed by atoms with Gasteiger partial charge in [0.15, 0.2) is 0 Å². The summed E-state index contributed by atoms with van der Waals surface area (Å²) < 4.78 is 7.21. The van der Waals surface area contributed by atoms with E-state index in [9.17, 15) is 0 Å². The van der Waals surface area contributed by atoms with Crippen LogP contribution >= 0.6 is 11.8 Å². The lowest BCUT2D eigenvalue weighted by molar-refractivity contribution is 0.0836. The predicted molar refractivity (Wildman–Crippen MR) is 61.3 cm³/mol. The van der Waals surface area contributed by atoms with Crippen molar-refractivity contribution in [3.8, 4) is 0 Å². The molecule has 0 radical (unpaired) electrons. The third-order valence-electron chi connectivity index (χ3n) is 2.61. The van der Waals surface area contributed by atoms with E-state index >= 15 is 0 Å². The predicted octanol–water partition coefficient (Wildman–Crippen LogP) is 0.0692. The molecule has 7 heteroatoms. The molecule has 90 valence electrons. The summed E-state index contributed by atoms with van der Waals surface area (Å²) >= 11 is 1.69. The number of ether oxygens (including phenoxy) is 1. The summed E-state index contributed by atoms with van der Waals surface area (Å²) in [7, 11) is 1.86. The van der Waals surface area contributed by atoms with E-state index in [1.165, 1.54) is 0 Å². The first-order chi connectivity index (χ1) is 7.81. The van der Waals surface area contributed by atoms with Crippen molar-refractivity contribution in [1.29, 1.82) is 0 Å². The standard InChI is InChI=1S/C9H17N5OS/c1-3-10-7-4-5-15-6-8(7)16-9-11-12-13-14(9)2/h7-8,10H,3-6H2,1-2H3. The molecule has 2 heterocycles. The van der Waals surface area contributed by atoms with E-state index in [1.54, 1.807) is 16.4 Å². The molecule has 1 saturated heterocycles. The van der Waals surface area contributed by atoms with Gasteiger partial charge < -0.3 is 10.1 Å². The van der Waals surface area contributed by atoms with E-state index in [4.69, 9.17) is 4.74 Å². The maximum atomic E-state index is 5.51. The minimum Gasteiger partial charge on any atom is -0.380 e. The molecule has 2 unspecified atom stereocenters. The van der Waals surface area contributed by atoms with Crippen LogP contribution in [0.3, 0.4) is 0 Å². The van der Waals surface area contributed by atoms with Gasteiger partial charge in [-0.15, -0.1) is 5.10 Å². The zero-order chi connectivity index (χ0) is 11.4. The van der Waals surface area contributed by atoms with Crippen LogP contribution in [0.25, 0.3) is 0 Å². The van der Waals surface area contributed by atoms with Gasteiger partial charge >= 0.3 is 0 Å². The number of aryl methyl sites for hydroxylation is 1. The lowest BCUT2D eigenvalue weighted by Crippen LogP contribution is -2.44. The maximum Gasteiger partial charge on any atom is 0.209 e. The van der Waals surface area contributed by atoms with Gasteiger partial charge in [-0.05, 0) is 23.4 Å². The van der Waals surface area contributed by atoms with Crippen molar-refractivity contribution in [1.82, 2.24) is 25.5 Å². The van der Waals surface area contributed by atoms with Gasteiger partial charge in [0.1, 0.15) is 0 Å². The molecule has 0 amide bonds. The summed E-state index contributed by atoms with van der Waals surface area (Å²) in [6.07, 6.45) is 1.05. The second-order valence-electron chi connectivity index (χ2n) is 3.77. The molecule has 6 nitrogen and oxygen atoms in total. The Morgan fingerprint density at radius 3 is 3.19 bits per heavy atom. The average Bonchev–Trinajstić information content (AvgIpc) is 2.68. The van der Waals surface area contributed by atoms with Crippen LogP contribution in [0.15, 0.2) is 5.16 Å². The number of thioether (sulfide) groups is 1. The molecule has 1 N–H and O–H groups in total. The Morgan fingerprint density at radius 1 is 1.62 bits per heavy atom. The molecule has 1 fully saturated rings. The van der Waals surface area contributed by atoms with Crippen molar-refractivity contribution in [3.63, 3.8) is 0 Å². The van der Waals surface area contributed by atoms with Crippen molar-refractivity contribution in [3.05, 3.63) is 0 Å². The monoisotopic (exact) mass is 243 g/mol. The first-order valence-corrected chi connectivity index (χ1v) is 6.39. The van der Waals surface area contributed by atoms with Gasteiger partial charge in [0.2, 0.25) is 5.16 Å². The highest BCUT2D eigenvalue weighted by atomic mass is 32.2. The SMILES string of the molecule is CCNC1CCOCC1Sc1nnnn1C. The summed E-state index contributed by atoms with van der Waals surface area (Å²) in [5.41, 5.74) is 0. The van der Waals surface area contributed by atoms with E-state index < -0.39 is 0 Å². The highest BCUT2D eigenvalue weighted by Crippen LogP contribution is 2.26. The number of aromatic nitrogens is 4. The first-order valence-electron chi connectivity index (χ1n) is 5.51. The van der Waals surface area contributed by atoms with E-state index in [-0.39, 0.29) is 0 Å². The molecule has 0 bridgehead atoms. The van der Waals surface area contributed by atoms with Crippen molar-refractivity contribution in [2.75, 3.05) is 19.8 Å². The molecule has 1 aliphatic heterocycles. The summed E-state index contributed by atoms with van der Waals surface area (Å²) in [5, 5.41) is 16.2. The van der Waals surface area contributed by atoms with Crippen LogP contribution in [0, 0.1) is 0 Å². The summed E-state index contributed by atoms with van der Waals surface area (Å²) in [4.78, 5) is 0. The molecule has 1 aromatic rings. The fraction of sp³-hybridized carbons (Fsp3) is 0.889. The van der Waals surface area contributed by atoms with Gasteiger partial charge in [-0.3, -0.25) is 0 Å². The molecule has 0 saturated carbocycles. The maximum absolute atomic E-state index is 5.51. The first kappa shape index (κ1) is 11.8. The zero-order valence-corrected chi connectivity index (χ0v) is 10.4. The number of rotatable bonds is 4. The Labute approximate surface area is 99.1 Å². The van der Waals surface area contributed by atoms with E-state index in [2.05, 4.69) is 27.8 Å². The van der Waals surface area contributed by atoms with Crippen LogP contribution in [-0.4, -0.2) is 51.3 Å². The zero-order valence-electron chi connectivity index (χ0n) is 9.59. The average molecular weight is 243 g/mol. The highest BCUT2D eigenvalue weighted by Gasteiger charge is 2.27. The molecular weight excluding hydrogens is 226 g/mol. The topological polar surface area (TPSA) is 64.9 Å². The van der Waals surface area contributed by atoms with Crippen LogP contribution in [0.2, 0.25) is 0 Å². The number of nitrogens with one attached hydrogen (secondary N) is 1. The molecule has 1 aromatic heterocycles. The molecule has 0 aliphatic carbocycles. The van der Waals surface area contributed by atoms with Crippen molar-refractivity contribution in [2.24, 2.45) is 7.05 Å². The Morgan fingerprint density at radius 2 is 2.50 bits per heavy atom. The summed E-state index contributed by atoms with van der Waals surface area (Å²) in [5.74, 6) is 0. The van der Waals surface area contributed by atoms with Crippen LogP contribution in [0.5, 0.6) is 0 Å². The van der Waals surface area contributed by atoms with Gasteiger partial charge in [0.25, 0.3) is 0 Å². The number of hydrogen-bond donors (Lipinski definition) is 1. The van der Waals surface area contributed by atoms with Crippen LogP contribution in [0.4, 0.5) is 0 Å². The van der Waals surface area contributed by atoms with Gasteiger partial charge in [-0.1, -0.05) is 18.7 Å². The quantitative estimate of drug-likeness (QED) is 0.807. The fourth-order valence-corrected chi connectivity index (χ4v) is 2.88. The fourth-order valence-electron chi connectivity index (χ4n) is 1.78. The third kappa shape index (κ3) is 2.72. The largest absolute Gasteiger partial charge is 0.380 e. The van der Waals surface area contributed by atoms with Gasteiger partial charge in [-0.2, -0.15) is 0 Å². The van der Waals surface area contributed by atoms with E-state index in [1.807, 2.05) is 7.05 Å². The lowest BCUT2D eigenvalue weighted by Gasteiger charge is -2.30. The Bertz CT molecular complexity index is 329. The molecule has 16 heavy (non-hydrogen) atoms. The number of hydrogen-bond acceptors (Lipinski definition) is 6. The van der Waals surface area contributed by atoms with Crippen LogP contribution in [-0.2, 0) is 11.8 Å². The minimum atomic E-state index is 0.387. The minimum absolute atomic E-state index is 0.387. The van der Waals surface area contributed by atoms with Crippen molar-refractivity contribution >= 4 is 11.8 Å². The van der Waals surface area contributed by atoms with Gasteiger partial charge in [0.05, 0.1) is 11.9 Å². The van der Waals surface area contributed by atoms with Gasteiger partial charge in [-0.25, -0.2) is 4.68 Å². The molecule has 0 spiro atoms. The molecular formula is C9H17N5OS. The summed E-state index contributed by atoms with van der Waals surface area (Å²) in [6, 6.07) is 0.487. The third-order valence-corrected chi connectivity index (χ3v) is 3.93. The second-order valence-corrected chi connectivity index (χ2v) is 4.98. The smallest absolute Gasteiger partial charge is 0.209 e. The van der Waals surface area contributed by atoms with Crippen molar-refractivity contribution < 1.29 is 4.74 Å². The highest BCUT2D eigenvalue weighted by molar-refractivity contribution is 7.99. The lowest BCUT2D eigenvalue weighted by atomic mass is 10.1. The normalized spacial score (nSPS) is 25.9. The van der Waals surface area contributed by atoms with Gasteiger partial charge in [0, 0.05) is 19.7 Å². The number of nitrogens with zero attached hydrogens (tertiary/aromatic N) is 4. The summed E-state index contributed by atoms with van der Waals surface area (Å²) in [6.45, 7) is 4.71.